The summed E-state index contributed by atoms with van der Waals surface area (Å²) < 4.78 is 65.8. The first kappa shape index (κ1) is 20.6. The number of fused-ring (bicyclic) bond motifs is 2. The molecular weight excluding hydrogens is 448 g/mol. The second-order valence-electron chi connectivity index (χ2n) is 6.53. The molecule has 8 nitrogen and oxygen atoms in total. The number of nitrogens with zero attached hydrogens (tertiary/aromatic N) is 2. The van der Waals surface area contributed by atoms with E-state index in [-0.39, 0.29) is 5.69 Å². The van der Waals surface area contributed by atoms with Crippen LogP contribution >= 0.6 is 11.3 Å². The molecule has 0 atom stereocenters. The van der Waals surface area contributed by atoms with E-state index in [0.717, 1.165) is 44.6 Å². The summed E-state index contributed by atoms with van der Waals surface area (Å²) in [6, 6.07) is 13.5. The zero-order chi connectivity index (χ0) is 21.7. The van der Waals surface area contributed by atoms with E-state index >= 15 is 0 Å². The lowest BCUT2D eigenvalue weighted by atomic mass is 10.2. The van der Waals surface area contributed by atoms with Crippen molar-refractivity contribution in [2.45, 2.75) is 16.7 Å². The Bertz CT molecular complexity index is 1560. The summed E-state index contributed by atoms with van der Waals surface area (Å²) in [5.74, 6) is 0. The van der Waals surface area contributed by atoms with Gasteiger partial charge in [-0.1, -0.05) is 6.07 Å². The lowest BCUT2D eigenvalue weighted by Gasteiger charge is -2.07. The average molecular weight is 463 g/mol. The SMILES string of the molecule is Cc1ccc2sc3cc(=Nc4cc(S(=O)(=O)O)ccc4S(=O)(=O)O)ccc-3nc2c1. The summed E-state index contributed by atoms with van der Waals surface area (Å²) in [4.78, 5) is 8.47. The Labute approximate surface area is 176 Å². The maximum absolute atomic E-state index is 11.7. The molecule has 0 aromatic heterocycles. The van der Waals surface area contributed by atoms with Gasteiger partial charge in [0.15, 0.2) is 0 Å². The largest absolute Gasteiger partial charge is 0.296 e. The molecule has 0 radical (unpaired) electrons. The smallest absolute Gasteiger partial charge is 0.282 e. The van der Waals surface area contributed by atoms with Gasteiger partial charge in [0.05, 0.1) is 36.7 Å². The van der Waals surface area contributed by atoms with Crippen molar-refractivity contribution in [1.82, 2.24) is 4.98 Å². The van der Waals surface area contributed by atoms with Crippen LogP contribution in [0, 0.1) is 6.92 Å². The molecule has 0 saturated carbocycles. The Kier molecular flexibility index (Phi) is 4.95. The van der Waals surface area contributed by atoms with E-state index in [1.54, 1.807) is 18.2 Å². The van der Waals surface area contributed by atoms with Gasteiger partial charge in [0.2, 0.25) is 0 Å². The van der Waals surface area contributed by atoms with Gasteiger partial charge < -0.3 is 0 Å². The molecule has 1 aliphatic carbocycles. The van der Waals surface area contributed by atoms with E-state index in [1.807, 2.05) is 25.1 Å². The second-order valence-corrected chi connectivity index (χ2v) is 10.4. The second kappa shape index (κ2) is 7.22. The molecule has 4 rings (SSSR count). The Morgan fingerprint density at radius 3 is 2.37 bits per heavy atom. The van der Waals surface area contributed by atoms with Gasteiger partial charge in [-0.2, -0.15) is 16.8 Å². The van der Waals surface area contributed by atoms with Gasteiger partial charge in [-0.3, -0.25) is 9.11 Å². The van der Waals surface area contributed by atoms with Crippen molar-refractivity contribution in [3.63, 3.8) is 0 Å². The van der Waals surface area contributed by atoms with Gasteiger partial charge in [0.25, 0.3) is 20.2 Å². The number of benzene rings is 3. The van der Waals surface area contributed by atoms with Crippen molar-refractivity contribution in [2.75, 3.05) is 0 Å². The maximum Gasteiger partial charge on any atom is 0.296 e. The summed E-state index contributed by atoms with van der Waals surface area (Å²) in [6.07, 6.45) is 0. The average Bonchev–Trinajstić information content (AvgIpc) is 2.65. The summed E-state index contributed by atoms with van der Waals surface area (Å²) in [5.41, 5.74) is 2.34. The topological polar surface area (TPSA) is 134 Å². The van der Waals surface area contributed by atoms with Crippen LogP contribution in [0.25, 0.3) is 20.8 Å². The fourth-order valence-corrected chi connectivity index (χ4v) is 4.99. The molecule has 1 heterocycles. The third kappa shape index (κ3) is 4.11. The van der Waals surface area contributed by atoms with Crippen molar-refractivity contribution in [3.8, 4) is 10.6 Å². The number of hydrogen-bond donors (Lipinski definition) is 2. The van der Waals surface area contributed by atoms with Crippen LogP contribution in [0.5, 0.6) is 0 Å². The van der Waals surface area contributed by atoms with Crippen LogP contribution in [0.1, 0.15) is 5.56 Å². The molecule has 0 unspecified atom stereocenters. The first-order valence-corrected chi connectivity index (χ1v) is 12.2. The number of aromatic nitrogens is 1. The van der Waals surface area contributed by atoms with Crippen molar-refractivity contribution in [2.24, 2.45) is 4.99 Å². The zero-order valence-corrected chi connectivity index (χ0v) is 17.8. The van der Waals surface area contributed by atoms with Crippen LogP contribution in [0.4, 0.5) is 5.69 Å². The molecule has 0 saturated heterocycles. The van der Waals surface area contributed by atoms with Crippen LogP contribution in [-0.4, -0.2) is 30.9 Å². The predicted molar refractivity (Wildman–Crippen MR) is 112 cm³/mol. The van der Waals surface area contributed by atoms with E-state index in [2.05, 4.69) is 9.98 Å². The van der Waals surface area contributed by atoms with Crippen molar-refractivity contribution in [3.05, 3.63) is 65.5 Å². The van der Waals surface area contributed by atoms with E-state index in [0.29, 0.717) is 5.36 Å². The zero-order valence-electron chi connectivity index (χ0n) is 15.3. The molecule has 2 aliphatic rings. The minimum absolute atomic E-state index is 0.318. The van der Waals surface area contributed by atoms with Gasteiger partial charge >= 0.3 is 0 Å². The lowest BCUT2D eigenvalue weighted by molar-refractivity contribution is 0.478. The van der Waals surface area contributed by atoms with Crippen LogP contribution in [-0.2, 0) is 20.2 Å². The quantitative estimate of drug-likeness (QED) is 0.352. The molecule has 1 aliphatic heterocycles. The highest BCUT2D eigenvalue weighted by Gasteiger charge is 2.19. The van der Waals surface area contributed by atoms with Crippen molar-refractivity contribution >= 4 is 47.5 Å². The lowest BCUT2D eigenvalue weighted by Crippen LogP contribution is -2.05. The Morgan fingerprint density at radius 1 is 0.900 bits per heavy atom. The van der Waals surface area contributed by atoms with Gasteiger partial charge in [-0.15, -0.1) is 11.3 Å². The van der Waals surface area contributed by atoms with Gasteiger partial charge in [-0.05, 0) is 61.0 Å². The molecule has 0 fully saturated rings. The molecule has 30 heavy (non-hydrogen) atoms. The Morgan fingerprint density at radius 2 is 1.67 bits per heavy atom. The summed E-state index contributed by atoms with van der Waals surface area (Å²) >= 11 is 1.48. The molecule has 154 valence electrons. The first-order valence-electron chi connectivity index (χ1n) is 8.46. The van der Waals surface area contributed by atoms with Crippen molar-refractivity contribution in [1.29, 1.82) is 0 Å². The summed E-state index contributed by atoms with van der Waals surface area (Å²) in [6.45, 7) is 1.98. The number of rotatable bonds is 3. The van der Waals surface area contributed by atoms with Crippen molar-refractivity contribution < 1.29 is 25.9 Å². The van der Waals surface area contributed by atoms with Crippen LogP contribution < -0.4 is 5.36 Å². The molecule has 11 heteroatoms. The molecule has 0 amide bonds. The molecule has 2 aromatic carbocycles. The fourth-order valence-electron chi connectivity index (χ4n) is 2.90. The molecular formula is C19H14N2O6S3. The monoisotopic (exact) mass is 462 g/mol. The van der Waals surface area contributed by atoms with E-state index in [9.17, 15) is 25.9 Å². The highest BCUT2D eigenvalue weighted by Crippen LogP contribution is 2.31. The van der Waals surface area contributed by atoms with Gasteiger partial charge in [-0.25, -0.2) is 9.98 Å². The van der Waals surface area contributed by atoms with Gasteiger partial charge in [0, 0.05) is 0 Å². The van der Waals surface area contributed by atoms with E-state index in [4.69, 9.17) is 0 Å². The Hall–Kier alpha value is -2.70. The maximum atomic E-state index is 11.7. The standard InChI is InChI=1S/C19H14N2O6S3/c1-11-2-6-17-15(8-11)21-14-5-3-12(9-18(14)28-17)20-16-10-13(29(22,23)24)4-7-19(16)30(25,26)27/h2-10H,1H3,(H,22,23,24)(H,25,26,27). The minimum Gasteiger partial charge on any atom is -0.282 e. The fraction of sp³-hybridized carbons (Fsp3) is 0.0526. The number of aryl methyl sites for hydroxylation is 1. The predicted octanol–water partition coefficient (Wildman–Crippen LogP) is 3.44. The highest BCUT2D eigenvalue weighted by atomic mass is 32.2. The first-order chi connectivity index (χ1) is 14.0. The third-order valence-electron chi connectivity index (χ3n) is 4.27. The highest BCUT2D eigenvalue weighted by molar-refractivity contribution is 7.86. The summed E-state index contributed by atoms with van der Waals surface area (Å²) in [5, 5.41) is 0.324. The minimum atomic E-state index is -4.67. The normalized spacial score (nSPS) is 13.2. The Balaban J connectivity index is 1.95. The molecule has 2 N–H and O–H groups in total. The van der Waals surface area contributed by atoms with Crippen LogP contribution in [0.2, 0.25) is 0 Å². The molecule has 2 aromatic rings. The van der Waals surface area contributed by atoms with Gasteiger partial charge in [0.1, 0.15) is 4.90 Å². The van der Waals surface area contributed by atoms with E-state index in [1.165, 1.54) is 11.3 Å². The third-order valence-corrected chi connectivity index (χ3v) is 7.14. The van der Waals surface area contributed by atoms with Crippen LogP contribution in [0.15, 0.2) is 69.4 Å². The molecule has 0 bridgehead atoms. The number of hydrogen-bond acceptors (Lipinski definition) is 7. The molecule has 0 spiro atoms. The summed E-state index contributed by atoms with van der Waals surface area (Å²) in [7, 11) is -9.26. The van der Waals surface area contributed by atoms with E-state index < -0.39 is 30.0 Å². The van der Waals surface area contributed by atoms with Crippen LogP contribution in [0.3, 0.4) is 0 Å².